The zero-order valence-corrected chi connectivity index (χ0v) is 8.80. The molecule has 7 nitrogen and oxygen atoms in total. The van der Waals surface area contributed by atoms with Crippen molar-refractivity contribution in [1.29, 1.82) is 0 Å². The SMILES string of the molecule is NC1C[C@@H](n2cc(F)c(=O)[nH]c2=O)O[C@H]1CO. The first-order chi connectivity index (χ1) is 8.02. The van der Waals surface area contributed by atoms with Crippen molar-refractivity contribution in [2.75, 3.05) is 6.61 Å². The number of ether oxygens (including phenoxy) is 1. The van der Waals surface area contributed by atoms with Crippen LogP contribution in [-0.2, 0) is 4.74 Å². The number of aromatic nitrogens is 2. The summed E-state index contributed by atoms with van der Waals surface area (Å²) in [6, 6.07) is -0.438. The third kappa shape index (κ3) is 2.14. The van der Waals surface area contributed by atoms with Gasteiger partial charge in [-0.25, -0.2) is 4.79 Å². The minimum absolute atomic E-state index is 0.261. The van der Waals surface area contributed by atoms with Gasteiger partial charge < -0.3 is 15.6 Å². The van der Waals surface area contributed by atoms with E-state index in [0.29, 0.717) is 0 Å². The van der Waals surface area contributed by atoms with Gasteiger partial charge in [-0.05, 0) is 0 Å². The van der Waals surface area contributed by atoms with Crippen LogP contribution >= 0.6 is 0 Å². The number of halogens is 1. The van der Waals surface area contributed by atoms with E-state index in [1.165, 1.54) is 0 Å². The van der Waals surface area contributed by atoms with Gasteiger partial charge in [0.1, 0.15) is 6.23 Å². The molecule has 1 aliphatic rings. The molecule has 0 radical (unpaired) electrons. The lowest BCUT2D eigenvalue weighted by atomic mass is 10.1. The summed E-state index contributed by atoms with van der Waals surface area (Å²) < 4.78 is 19.3. The summed E-state index contributed by atoms with van der Waals surface area (Å²) in [5.74, 6) is -1.07. The van der Waals surface area contributed by atoms with Crippen molar-refractivity contribution in [1.82, 2.24) is 9.55 Å². The summed E-state index contributed by atoms with van der Waals surface area (Å²) in [5.41, 5.74) is 3.82. The quantitative estimate of drug-likeness (QED) is 0.574. The van der Waals surface area contributed by atoms with E-state index in [-0.39, 0.29) is 13.0 Å². The molecule has 0 aromatic carbocycles. The van der Waals surface area contributed by atoms with Gasteiger partial charge in [-0.1, -0.05) is 0 Å². The molecule has 0 amide bonds. The Morgan fingerprint density at radius 2 is 2.35 bits per heavy atom. The molecule has 3 atom stereocenters. The molecule has 1 fully saturated rings. The van der Waals surface area contributed by atoms with Gasteiger partial charge in [0.05, 0.1) is 18.9 Å². The number of rotatable bonds is 2. The molecule has 94 valence electrons. The van der Waals surface area contributed by atoms with Crippen LogP contribution in [0.25, 0.3) is 0 Å². The van der Waals surface area contributed by atoms with Crippen molar-refractivity contribution in [3.8, 4) is 0 Å². The van der Waals surface area contributed by atoms with Crippen LogP contribution in [0.3, 0.4) is 0 Å². The fourth-order valence-electron chi connectivity index (χ4n) is 1.78. The fourth-order valence-corrected chi connectivity index (χ4v) is 1.78. The summed E-state index contributed by atoms with van der Waals surface area (Å²) in [4.78, 5) is 24.1. The first-order valence-corrected chi connectivity index (χ1v) is 5.05. The van der Waals surface area contributed by atoms with Crippen molar-refractivity contribution in [2.45, 2.75) is 24.8 Å². The number of nitrogens with two attached hydrogens (primary N) is 1. The van der Waals surface area contributed by atoms with E-state index in [4.69, 9.17) is 15.6 Å². The van der Waals surface area contributed by atoms with Gasteiger partial charge in [0, 0.05) is 12.5 Å². The number of aromatic amines is 1. The maximum Gasteiger partial charge on any atom is 0.330 e. The smallest absolute Gasteiger partial charge is 0.330 e. The van der Waals surface area contributed by atoms with Crippen LogP contribution in [0.5, 0.6) is 0 Å². The lowest BCUT2D eigenvalue weighted by Gasteiger charge is -2.14. The molecule has 0 aliphatic carbocycles. The van der Waals surface area contributed by atoms with Gasteiger partial charge in [-0.2, -0.15) is 4.39 Å². The Morgan fingerprint density at radius 3 is 2.94 bits per heavy atom. The van der Waals surface area contributed by atoms with Crippen LogP contribution in [-0.4, -0.2) is 33.4 Å². The summed E-state index contributed by atoms with van der Waals surface area (Å²) in [7, 11) is 0. The van der Waals surface area contributed by atoms with E-state index in [2.05, 4.69) is 0 Å². The number of aliphatic hydroxyl groups is 1. The normalized spacial score (nSPS) is 28.5. The monoisotopic (exact) mass is 245 g/mol. The Labute approximate surface area is 94.6 Å². The van der Waals surface area contributed by atoms with E-state index in [1.54, 1.807) is 0 Å². The predicted molar refractivity (Wildman–Crippen MR) is 54.9 cm³/mol. The van der Waals surface area contributed by atoms with Crippen LogP contribution in [0.4, 0.5) is 4.39 Å². The Kier molecular flexibility index (Phi) is 3.09. The summed E-state index contributed by atoms with van der Waals surface area (Å²) in [6.07, 6.45) is -0.336. The second-order valence-corrected chi connectivity index (χ2v) is 3.85. The molecule has 1 aliphatic heterocycles. The minimum atomic E-state index is -1.08. The molecular formula is C9H12FN3O4. The maximum atomic E-state index is 13.0. The molecule has 8 heteroatoms. The largest absolute Gasteiger partial charge is 0.394 e. The first kappa shape index (κ1) is 12.0. The highest BCUT2D eigenvalue weighted by molar-refractivity contribution is 4.91. The molecule has 1 aromatic rings. The number of nitrogens with one attached hydrogen (secondary N) is 1. The van der Waals surface area contributed by atoms with Crippen LogP contribution in [0.2, 0.25) is 0 Å². The molecule has 1 aromatic heterocycles. The molecule has 2 heterocycles. The third-order valence-corrected chi connectivity index (χ3v) is 2.70. The zero-order valence-electron chi connectivity index (χ0n) is 8.80. The highest BCUT2D eigenvalue weighted by Gasteiger charge is 2.33. The number of nitrogens with zero attached hydrogens (tertiary/aromatic N) is 1. The van der Waals surface area contributed by atoms with E-state index < -0.39 is 35.4 Å². The molecule has 0 bridgehead atoms. The van der Waals surface area contributed by atoms with E-state index in [1.807, 2.05) is 4.98 Å². The Balaban J connectivity index is 2.34. The number of hydrogen-bond donors (Lipinski definition) is 3. The van der Waals surface area contributed by atoms with Gasteiger partial charge in [0.25, 0.3) is 5.56 Å². The molecule has 0 spiro atoms. The lowest BCUT2D eigenvalue weighted by molar-refractivity contribution is -0.0275. The van der Waals surface area contributed by atoms with Gasteiger partial charge >= 0.3 is 5.69 Å². The average Bonchev–Trinajstić information content (AvgIpc) is 2.65. The van der Waals surface area contributed by atoms with E-state index in [9.17, 15) is 14.0 Å². The Morgan fingerprint density at radius 1 is 1.65 bits per heavy atom. The number of H-pyrrole nitrogens is 1. The number of aliphatic hydroxyl groups excluding tert-OH is 1. The van der Waals surface area contributed by atoms with Crippen molar-refractivity contribution in [2.24, 2.45) is 5.73 Å². The molecule has 0 saturated carbocycles. The topological polar surface area (TPSA) is 110 Å². The van der Waals surface area contributed by atoms with E-state index >= 15 is 0 Å². The molecule has 1 saturated heterocycles. The molecule has 2 rings (SSSR count). The predicted octanol–water partition coefficient (Wildman–Crippen LogP) is -1.72. The fraction of sp³-hybridized carbons (Fsp3) is 0.556. The number of hydrogen-bond acceptors (Lipinski definition) is 5. The Hall–Kier alpha value is -1.51. The van der Waals surface area contributed by atoms with Crippen molar-refractivity contribution in [3.63, 3.8) is 0 Å². The molecule has 1 unspecified atom stereocenters. The first-order valence-electron chi connectivity index (χ1n) is 5.05. The molecule has 4 N–H and O–H groups in total. The molecule has 17 heavy (non-hydrogen) atoms. The van der Waals surface area contributed by atoms with Gasteiger partial charge in [0.2, 0.25) is 5.82 Å². The van der Waals surface area contributed by atoms with Crippen LogP contribution in [0, 0.1) is 5.82 Å². The zero-order chi connectivity index (χ0) is 12.6. The average molecular weight is 245 g/mol. The highest BCUT2D eigenvalue weighted by atomic mass is 19.1. The maximum absolute atomic E-state index is 13.0. The standard InChI is InChI=1S/C9H12FN3O4/c10-4-2-13(9(16)12-8(4)15)7-1-5(11)6(3-14)17-7/h2,5-7,14H,1,3,11H2,(H,12,15,16)/t5?,6-,7-/m0/s1. The minimum Gasteiger partial charge on any atom is -0.394 e. The van der Waals surface area contributed by atoms with Crippen LogP contribution < -0.4 is 17.0 Å². The summed E-state index contributed by atoms with van der Waals surface area (Å²) >= 11 is 0. The second kappa shape index (κ2) is 4.40. The van der Waals surface area contributed by atoms with Crippen LogP contribution in [0.1, 0.15) is 12.6 Å². The van der Waals surface area contributed by atoms with Crippen molar-refractivity contribution in [3.05, 3.63) is 32.9 Å². The molecular weight excluding hydrogens is 233 g/mol. The van der Waals surface area contributed by atoms with E-state index in [0.717, 1.165) is 10.8 Å². The highest BCUT2D eigenvalue weighted by Crippen LogP contribution is 2.25. The van der Waals surface area contributed by atoms with Crippen molar-refractivity contribution >= 4 is 0 Å². The summed E-state index contributed by atoms with van der Waals surface area (Å²) in [6.45, 7) is -0.280. The third-order valence-electron chi connectivity index (χ3n) is 2.70. The van der Waals surface area contributed by atoms with Crippen LogP contribution in [0.15, 0.2) is 15.8 Å². The second-order valence-electron chi connectivity index (χ2n) is 3.85. The van der Waals surface area contributed by atoms with Gasteiger partial charge in [-0.15, -0.1) is 0 Å². The summed E-state index contributed by atoms with van der Waals surface area (Å²) in [5, 5.41) is 8.94. The van der Waals surface area contributed by atoms with Gasteiger partial charge in [-0.3, -0.25) is 14.3 Å². The van der Waals surface area contributed by atoms with Crippen molar-refractivity contribution < 1.29 is 14.2 Å². The van der Waals surface area contributed by atoms with Gasteiger partial charge in [0.15, 0.2) is 0 Å². The Bertz CT molecular complexity index is 526. The lowest BCUT2D eigenvalue weighted by Crippen LogP contribution is -2.34.